The molecule has 0 amide bonds. The molecule has 1 aliphatic rings. The van der Waals surface area contributed by atoms with Gasteiger partial charge in [0.1, 0.15) is 10.6 Å². The first-order valence-electron chi connectivity index (χ1n) is 5.99. The Hall–Kier alpha value is -0.590. The van der Waals surface area contributed by atoms with Crippen LogP contribution in [0.5, 0.6) is 0 Å². The zero-order chi connectivity index (χ0) is 13.3. The summed E-state index contributed by atoms with van der Waals surface area (Å²) in [4.78, 5) is 0.194. The number of aryl methyl sites for hydroxylation is 2. The van der Waals surface area contributed by atoms with Crippen molar-refractivity contribution >= 4 is 21.6 Å². The van der Waals surface area contributed by atoms with Crippen LogP contribution in [0.3, 0.4) is 0 Å². The quantitative estimate of drug-likeness (QED) is 0.800. The summed E-state index contributed by atoms with van der Waals surface area (Å²) in [6, 6.07) is -0.126. The summed E-state index contributed by atoms with van der Waals surface area (Å²) in [6.45, 7) is 3.78. The van der Waals surface area contributed by atoms with E-state index in [1.807, 2.05) is 0 Å². The lowest BCUT2D eigenvalue weighted by Crippen LogP contribution is -2.44. The van der Waals surface area contributed by atoms with E-state index in [0.717, 1.165) is 19.3 Å². The van der Waals surface area contributed by atoms with Crippen molar-refractivity contribution in [1.29, 1.82) is 0 Å². The van der Waals surface area contributed by atoms with Crippen molar-refractivity contribution < 1.29 is 12.9 Å². The summed E-state index contributed by atoms with van der Waals surface area (Å²) in [5, 5.41) is 3.71. The molecule has 1 aliphatic heterocycles. The second-order valence-corrected chi connectivity index (χ2v) is 6.71. The molecule has 102 valence electrons. The number of aromatic nitrogens is 1. The maximum Gasteiger partial charge on any atom is 0.248 e. The molecule has 1 fully saturated rings. The highest BCUT2D eigenvalue weighted by atomic mass is 35.5. The number of piperidine rings is 1. The van der Waals surface area contributed by atoms with E-state index >= 15 is 0 Å². The molecule has 1 saturated heterocycles. The van der Waals surface area contributed by atoms with Crippen molar-refractivity contribution in [2.24, 2.45) is 0 Å². The van der Waals surface area contributed by atoms with E-state index in [2.05, 4.69) is 5.16 Å². The fourth-order valence-electron chi connectivity index (χ4n) is 2.40. The minimum Gasteiger partial charge on any atom is -0.360 e. The van der Waals surface area contributed by atoms with Crippen LogP contribution in [-0.2, 0) is 10.0 Å². The van der Waals surface area contributed by atoms with Gasteiger partial charge in [-0.2, -0.15) is 4.31 Å². The molecule has 1 aromatic rings. The molecule has 1 atom stereocenters. The van der Waals surface area contributed by atoms with Gasteiger partial charge in [-0.1, -0.05) is 11.6 Å². The summed E-state index contributed by atoms with van der Waals surface area (Å²) in [7, 11) is -3.55. The molecule has 0 aliphatic carbocycles. The van der Waals surface area contributed by atoms with Gasteiger partial charge in [0.25, 0.3) is 0 Å². The third kappa shape index (κ3) is 2.29. The standard InChI is InChI=1S/C11H17ClN2O3S/c1-8-11(9(2)17-13-8)18(15,16)14-6-4-3-5-10(14)7-12/h10H,3-7H2,1-2H3. The molecule has 1 unspecified atom stereocenters. The first-order valence-corrected chi connectivity index (χ1v) is 7.96. The molecule has 5 nitrogen and oxygen atoms in total. The smallest absolute Gasteiger partial charge is 0.248 e. The maximum absolute atomic E-state index is 12.6. The minimum atomic E-state index is -3.55. The Bertz CT molecular complexity index is 507. The van der Waals surface area contributed by atoms with Gasteiger partial charge < -0.3 is 4.52 Å². The van der Waals surface area contributed by atoms with Crippen LogP contribution in [0.15, 0.2) is 9.42 Å². The SMILES string of the molecule is Cc1noc(C)c1S(=O)(=O)N1CCCCC1CCl. The molecule has 0 N–H and O–H groups in total. The van der Waals surface area contributed by atoms with Crippen molar-refractivity contribution in [3.8, 4) is 0 Å². The van der Waals surface area contributed by atoms with Crippen LogP contribution in [0.1, 0.15) is 30.7 Å². The Kier molecular flexibility index (Phi) is 3.99. The molecule has 1 aromatic heterocycles. The largest absolute Gasteiger partial charge is 0.360 e. The van der Waals surface area contributed by atoms with Crippen molar-refractivity contribution in [1.82, 2.24) is 9.46 Å². The third-order valence-electron chi connectivity index (χ3n) is 3.29. The molecule has 7 heteroatoms. The van der Waals surface area contributed by atoms with E-state index in [4.69, 9.17) is 16.1 Å². The summed E-state index contributed by atoms with van der Waals surface area (Å²) >= 11 is 5.88. The first kappa shape index (κ1) is 13.8. The van der Waals surface area contributed by atoms with Gasteiger partial charge >= 0.3 is 0 Å². The number of alkyl halides is 1. The average Bonchev–Trinajstić information content (AvgIpc) is 2.69. The summed E-state index contributed by atoms with van der Waals surface area (Å²) in [6.07, 6.45) is 2.70. The number of hydrogen-bond acceptors (Lipinski definition) is 4. The van der Waals surface area contributed by atoms with E-state index in [9.17, 15) is 8.42 Å². The van der Waals surface area contributed by atoms with Gasteiger partial charge in [0, 0.05) is 18.5 Å². The van der Waals surface area contributed by atoms with E-state index in [0.29, 0.717) is 23.9 Å². The number of sulfonamides is 1. The molecule has 0 bridgehead atoms. The molecular weight excluding hydrogens is 276 g/mol. The van der Waals surface area contributed by atoms with Crippen LogP contribution in [0.4, 0.5) is 0 Å². The van der Waals surface area contributed by atoms with Crippen LogP contribution in [0.25, 0.3) is 0 Å². The monoisotopic (exact) mass is 292 g/mol. The predicted octanol–water partition coefficient (Wildman–Crippen LogP) is 2.07. The van der Waals surface area contributed by atoms with Crippen LogP contribution < -0.4 is 0 Å². The number of rotatable bonds is 3. The minimum absolute atomic E-state index is 0.126. The van der Waals surface area contributed by atoms with Gasteiger partial charge in [-0.15, -0.1) is 11.6 Å². The van der Waals surface area contributed by atoms with Gasteiger partial charge in [0.15, 0.2) is 5.76 Å². The topological polar surface area (TPSA) is 63.4 Å². The highest BCUT2D eigenvalue weighted by Crippen LogP contribution is 2.29. The van der Waals surface area contributed by atoms with Crippen molar-refractivity contribution in [3.05, 3.63) is 11.5 Å². The maximum atomic E-state index is 12.6. The normalized spacial score (nSPS) is 22.3. The van der Waals surface area contributed by atoms with Gasteiger partial charge in [-0.05, 0) is 26.7 Å². The molecule has 0 radical (unpaired) electrons. The average molecular weight is 293 g/mol. The zero-order valence-corrected chi connectivity index (χ0v) is 12.1. The second kappa shape index (κ2) is 5.19. The van der Waals surface area contributed by atoms with Crippen molar-refractivity contribution in [3.63, 3.8) is 0 Å². The molecule has 2 heterocycles. The molecule has 0 aromatic carbocycles. The fraction of sp³-hybridized carbons (Fsp3) is 0.727. The van der Waals surface area contributed by atoms with E-state index in [-0.39, 0.29) is 10.9 Å². The number of halogens is 1. The molecule has 2 rings (SSSR count). The predicted molar refractivity (Wildman–Crippen MR) is 68.2 cm³/mol. The van der Waals surface area contributed by atoms with Crippen LogP contribution in [-0.4, -0.2) is 36.3 Å². The Labute approximate surface area is 112 Å². The van der Waals surface area contributed by atoms with Gasteiger partial charge in [-0.3, -0.25) is 0 Å². The van der Waals surface area contributed by atoms with E-state index in [1.54, 1.807) is 13.8 Å². The first-order chi connectivity index (χ1) is 8.48. The lowest BCUT2D eigenvalue weighted by molar-refractivity contribution is 0.271. The Balaban J connectivity index is 2.41. The molecular formula is C11H17ClN2O3S. The van der Waals surface area contributed by atoms with Crippen molar-refractivity contribution in [2.75, 3.05) is 12.4 Å². The summed E-state index contributed by atoms with van der Waals surface area (Å²) in [5.41, 5.74) is 0.409. The van der Waals surface area contributed by atoms with Crippen LogP contribution in [0, 0.1) is 13.8 Å². The van der Waals surface area contributed by atoms with E-state index in [1.165, 1.54) is 4.31 Å². The van der Waals surface area contributed by atoms with Gasteiger partial charge in [-0.25, -0.2) is 8.42 Å². The molecule has 0 saturated carbocycles. The van der Waals surface area contributed by atoms with Crippen LogP contribution in [0.2, 0.25) is 0 Å². The van der Waals surface area contributed by atoms with Crippen molar-refractivity contribution in [2.45, 2.75) is 44.0 Å². The lowest BCUT2D eigenvalue weighted by Gasteiger charge is -2.33. The number of nitrogens with zero attached hydrogens (tertiary/aromatic N) is 2. The fourth-order valence-corrected chi connectivity index (χ4v) is 4.80. The van der Waals surface area contributed by atoms with Gasteiger partial charge in [0.2, 0.25) is 10.0 Å². The Morgan fingerprint density at radius 3 is 2.72 bits per heavy atom. The summed E-state index contributed by atoms with van der Waals surface area (Å²) in [5.74, 6) is 0.661. The Morgan fingerprint density at radius 2 is 2.17 bits per heavy atom. The lowest BCUT2D eigenvalue weighted by atomic mass is 10.1. The molecule has 18 heavy (non-hydrogen) atoms. The highest BCUT2D eigenvalue weighted by Gasteiger charge is 2.36. The van der Waals surface area contributed by atoms with E-state index < -0.39 is 10.0 Å². The highest BCUT2D eigenvalue weighted by molar-refractivity contribution is 7.89. The third-order valence-corrected chi connectivity index (χ3v) is 5.84. The van der Waals surface area contributed by atoms with Crippen LogP contribution >= 0.6 is 11.6 Å². The zero-order valence-electron chi connectivity index (χ0n) is 10.5. The molecule has 0 spiro atoms. The second-order valence-electron chi connectivity index (χ2n) is 4.57. The summed E-state index contributed by atoms with van der Waals surface area (Å²) < 4.78 is 31.7. The Morgan fingerprint density at radius 1 is 1.44 bits per heavy atom. The number of hydrogen-bond donors (Lipinski definition) is 0. The van der Waals surface area contributed by atoms with Gasteiger partial charge in [0.05, 0.1) is 0 Å².